The van der Waals surface area contributed by atoms with Crippen LogP contribution >= 0.6 is 0 Å². The average Bonchev–Trinajstić information content (AvgIpc) is 2.55. The predicted octanol–water partition coefficient (Wildman–Crippen LogP) is 3.26. The normalized spacial score (nSPS) is 13.6. The fourth-order valence-electron chi connectivity index (χ4n) is 2.71. The Balaban J connectivity index is 2.28. The van der Waals surface area contributed by atoms with E-state index in [0.29, 0.717) is 17.9 Å². The smallest absolute Gasteiger partial charge is 0.254 e. The number of ether oxygens (including phenoxy) is 1. The summed E-state index contributed by atoms with van der Waals surface area (Å²) in [6.07, 6.45) is 0. The van der Waals surface area contributed by atoms with Crippen LogP contribution < -0.4 is 4.74 Å². The molecule has 20 heavy (non-hydrogen) atoms. The van der Waals surface area contributed by atoms with Crippen molar-refractivity contribution in [1.29, 1.82) is 0 Å². The number of methoxy groups -OCH3 is 1. The molecule has 102 valence electrons. The van der Waals surface area contributed by atoms with E-state index in [2.05, 4.69) is 25.1 Å². The standard InChI is InChI=1S/C17H17NO2/c1-11-4-6-14-12(8-11)10-18(2)17(19)16-9-13(20-3)5-7-15(14)16/h4-9H,10H2,1-3H3. The molecule has 0 aromatic heterocycles. The molecule has 3 heteroatoms. The van der Waals surface area contributed by atoms with Crippen LogP contribution in [0.3, 0.4) is 0 Å². The number of hydrogen-bond donors (Lipinski definition) is 0. The lowest BCUT2D eigenvalue weighted by Crippen LogP contribution is -2.24. The van der Waals surface area contributed by atoms with Gasteiger partial charge in [-0.1, -0.05) is 23.8 Å². The van der Waals surface area contributed by atoms with Crippen molar-refractivity contribution >= 4 is 5.91 Å². The number of carbonyl (C=O) groups is 1. The van der Waals surface area contributed by atoms with Crippen LogP contribution in [0.25, 0.3) is 11.1 Å². The van der Waals surface area contributed by atoms with Gasteiger partial charge < -0.3 is 9.64 Å². The number of carbonyl (C=O) groups excluding carboxylic acids is 1. The highest BCUT2D eigenvalue weighted by Crippen LogP contribution is 2.34. The molecule has 0 spiro atoms. The minimum absolute atomic E-state index is 0.0350. The Morgan fingerprint density at radius 3 is 2.55 bits per heavy atom. The first-order valence-electron chi connectivity index (χ1n) is 6.63. The van der Waals surface area contributed by atoms with Gasteiger partial charge in [0.2, 0.25) is 0 Å². The third kappa shape index (κ3) is 1.95. The first-order chi connectivity index (χ1) is 9.60. The third-order valence-corrected chi connectivity index (χ3v) is 3.76. The monoisotopic (exact) mass is 267 g/mol. The molecule has 3 nitrogen and oxygen atoms in total. The molecule has 0 saturated carbocycles. The number of hydrogen-bond acceptors (Lipinski definition) is 2. The number of rotatable bonds is 1. The third-order valence-electron chi connectivity index (χ3n) is 3.76. The molecule has 1 aliphatic rings. The van der Waals surface area contributed by atoms with Gasteiger partial charge in [0.25, 0.3) is 5.91 Å². The molecule has 0 radical (unpaired) electrons. The average molecular weight is 267 g/mol. The number of benzene rings is 2. The highest BCUT2D eigenvalue weighted by atomic mass is 16.5. The summed E-state index contributed by atoms with van der Waals surface area (Å²) in [5.74, 6) is 0.744. The maximum Gasteiger partial charge on any atom is 0.254 e. The van der Waals surface area contributed by atoms with E-state index in [1.807, 2.05) is 25.2 Å². The van der Waals surface area contributed by atoms with Crippen molar-refractivity contribution in [3.05, 3.63) is 53.1 Å². The zero-order valence-corrected chi connectivity index (χ0v) is 11.9. The molecule has 0 saturated heterocycles. The second-order valence-electron chi connectivity index (χ2n) is 5.23. The molecule has 1 amide bonds. The summed E-state index contributed by atoms with van der Waals surface area (Å²) < 4.78 is 5.24. The van der Waals surface area contributed by atoms with Crippen molar-refractivity contribution in [2.45, 2.75) is 13.5 Å². The molecular formula is C17H17NO2. The van der Waals surface area contributed by atoms with E-state index >= 15 is 0 Å². The molecule has 2 aromatic rings. The van der Waals surface area contributed by atoms with E-state index in [9.17, 15) is 4.79 Å². The van der Waals surface area contributed by atoms with Crippen molar-refractivity contribution < 1.29 is 9.53 Å². The first-order valence-corrected chi connectivity index (χ1v) is 6.63. The van der Waals surface area contributed by atoms with Crippen LogP contribution in [0.4, 0.5) is 0 Å². The minimum atomic E-state index is 0.0350. The lowest BCUT2D eigenvalue weighted by molar-refractivity contribution is 0.0788. The fourth-order valence-corrected chi connectivity index (χ4v) is 2.71. The predicted molar refractivity (Wildman–Crippen MR) is 79.0 cm³/mol. The Morgan fingerprint density at radius 2 is 1.80 bits per heavy atom. The molecular weight excluding hydrogens is 250 g/mol. The van der Waals surface area contributed by atoms with Gasteiger partial charge in [-0.25, -0.2) is 0 Å². The van der Waals surface area contributed by atoms with Crippen molar-refractivity contribution in [3.63, 3.8) is 0 Å². The van der Waals surface area contributed by atoms with Crippen LogP contribution in [0, 0.1) is 6.92 Å². The Bertz CT molecular complexity index is 691. The van der Waals surface area contributed by atoms with E-state index in [1.54, 1.807) is 12.0 Å². The molecule has 3 rings (SSSR count). The second-order valence-corrected chi connectivity index (χ2v) is 5.23. The number of aryl methyl sites for hydroxylation is 1. The van der Waals surface area contributed by atoms with Gasteiger partial charge in [0.1, 0.15) is 5.75 Å². The Hall–Kier alpha value is -2.29. The number of fused-ring (bicyclic) bond motifs is 3. The summed E-state index contributed by atoms with van der Waals surface area (Å²) in [6.45, 7) is 2.70. The molecule has 1 heterocycles. The van der Waals surface area contributed by atoms with Crippen molar-refractivity contribution in [2.75, 3.05) is 14.2 Å². The van der Waals surface area contributed by atoms with Gasteiger partial charge in [-0.05, 0) is 41.8 Å². The number of amides is 1. The van der Waals surface area contributed by atoms with Gasteiger partial charge in [0, 0.05) is 13.6 Å². The van der Waals surface area contributed by atoms with Crippen LogP contribution in [0.1, 0.15) is 21.5 Å². The van der Waals surface area contributed by atoms with Gasteiger partial charge in [-0.3, -0.25) is 4.79 Å². The van der Waals surface area contributed by atoms with Crippen LogP contribution in [-0.4, -0.2) is 25.0 Å². The molecule has 0 atom stereocenters. The molecule has 0 unspecified atom stereocenters. The van der Waals surface area contributed by atoms with Gasteiger partial charge in [0.15, 0.2) is 0 Å². The highest BCUT2D eigenvalue weighted by Gasteiger charge is 2.24. The van der Waals surface area contributed by atoms with E-state index < -0.39 is 0 Å². The second kappa shape index (κ2) is 4.67. The van der Waals surface area contributed by atoms with E-state index in [0.717, 1.165) is 11.1 Å². The Kier molecular flexibility index (Phi) is 2.97. The van der Waals surface area contributed by atoms with Crippen molar-refractivity contribution in [1.82, 2.24) is 4.90 Å². The summed E-state index contributed by atoms with van der Waals surface area (Å²) in [5.41, 5.74) is 5.21. The summed E-state index contributed by atoms with van der Waals surface area (Å²) in [5, 5.41) is 0. The number of nitrogens with zero attached hydrogens (tertiary/aromatic N) is 1. The molecule has 2 aromatic carbocycles. The Labute approximate surface area is 118 Å². The summed E-state index contributed by atoms with van der Waals surface area (Å²) in [6, 6.07) is 12.0. The molecule has 0 fully saturated rings. The Morgan fingerprint density at radius 1 is 1.05 bits per heavy atom. The fraction of sp³-hybridized carbons (Fsp3) is 0.235. The molecule has 0 N–H and O–H groups in total. The van der Waals surface area contributed by atoms with Crippen LogP contribution in [0.15, 0.2) is 36.4 Å². The lowest BCUT2D eigenvalue weighted by Gasteiger charge is -2.15. The first kappa shape index (κ1) is 12.7. The highest BCUT2D eigenvalue weighted by molar-refractivity contribution is 6.02. The minimum Gasteiger partial charge on any atom is -0.497 e. The van der Waals surface area contributed by atoms with Crippen molar-refractivity contribution in [3.8, 4) is 16.9 Å². The zero-order chi connectivity index (χ0) is 14.3. The summed E-state index contributed by atoms with van der Waals surface area (Å²) >= 11 is 0. The zero-order valence-electron chi connectivity index (χ0n) is 11.9. The maximum atomic E-state index is 12.5. The lowest BCUT2D eigenvalue weighted by atomic mass is 9.95. The van der Waals surface area contributed by atoms with Crippen LogP contribution in [-0.2, 0) is 6.54 Å². The van der Waals surface area contributed by atoms with Gasteiger partial charge in [-0.15, -0.1) is 0 Å². The van der Waals surface area contributed by atoms with Crippen LogP contribution in [0.2, 0.25) is 0 Å². The van der Waals surface area contributed by atoms with Gasteiger partial charge in [-0.2, -0.15) is 0 Å². The van der Waals surface area contributed by atoms with Crippen LogP contribution in [0.5, 0.6) is 5.75 Å². The van der Waals surface area contributed by atoms with Gasteiger partial charge in [0.05, 0.1) is 12.7 Å². The van der Waals surface area contributed by atoms with E-state index in [4.69, 9.17) is 4.74 Å². The maximum absolute atomic E-state index is 12.5. The SMILES string of the molecule is COc1ccc2c(c1)C(=O)N(C)Cc1cc(C)ccc1-2. The van der Waals surface area contributed by atoms with E-state index in [-0.39, 0.29) is 5.91 Å². The summed E-state index contributed by atoms with van der Waals surface area (Å²) in [4.78, 5) is 14.3. The van der Waals surface area contributed by atoms with Gasteiger partial charge >= 0.3 is 0 Å². The molecule has 0 aliphatic carbocycles. The van der Waals surface area contributed by atoms with E-state index in [1.165, 1.54) is 11.1 Å². The largest absolute Gasteiger partial charge is 0.497 e. The van der Waals surface area contributed by atoms with Crippen molar-refractivity contribution in [2.24, 2.45) is 0 Å². The molecule has 1 aliphatic heterocycles. The quantitative estimate of drug-likeness (QED) is 0.793. The molecule has 0 bridgehead atoms. The summed E-state index contributed by atoms with van der Waals surface area (Å²) in [7, 11) is 3.45. The topological polar surface area (TPSA) is 29.5 Å².